The first-order chi connectivity index (χ1) is 11.9. The SMILES string of the molecule is C=CCCCN(C)C(=NCc1cccnc1OCC(F)(F)F)NCC. The van der Waals surface area contributed by atoms with E-state index in [-0.39, 0.29) is 12.4 Å². The number of nitrogens with zero attached hydrogens (tertiary/aromatic N) is 3. The molecule has 0 aliphatic heterocycles. The summed E-state index contributed by atoms with van der Waals surface area (Å²) in [5.41, 5.74) is 0.502. The van der Waals surface area contributed by atoms with E-state index in [0.717, 1.165) is 19.4 Å². The van der Waals surface area contributed by atoms with Gasteiger partial charge in [0.15, 0.2) is 12.6 Å². The Kier molecular flexibility index (Phi) is 8.80. The van der Waals surface area contributed by atoms with Crippen LogP contribution in [0.25, 0.3) is 0 Å². The maximum atomic E-state index is 12.3. The normalized spacial score (nSPS) is 12.0. The number of rotatable bonds is 9. The fourth-order valence-electron chi connectivity index (χ4n) is 2.03. The number of hydrogen-bond donors (Lipinski definition) is 1. The molecule has 0 radical (unpaired) electrons. The molecule has 0 aliphatic rings. The van der Waals surface area contributed by atoms with E-state index < -0.39 is 12.8 Å². The molecule has 0 amide bonds. The summed E-state index contributed by atoms with van der Waals surface area (Å²) in [5.74, 6) is 0.630. The van der Waals surface area contributed by atoms with Gasteiger partial charge in [0, 0.05) is 31.9 Å². The minimum absolute atomic E-state index is 0.0475. The Morgan fingerprint density at radius 3 is 2.88 bits per heavy atom. The van der Waals surface area contributed by atoms with Crippen LogP contribution in [-0.4, -0.2) is 48.8 Å². The molecule has 8 heteroatoms. The number of nitrogens with one attached hydrogen (secondary N) is 1. The molecule has 1 aromatic heterocycles. The maximum Gasteiger partial charge on any atom is 0.422 e. The highest BCUT2D eigenvalue weighted by Gasteiger charge is 2.29. The van der Waals surface area contributed by atoms with Crippen LogP contribution in [0.4, 0.5) is 13.2 Å². The maximum absolute atomic E-state index is 12.3. The minimum atomic E-state index is -4.40. The number of alkyl halides is 3. The molecule has 0 atom stereocenters. The van der Waals surface area contributed by atoms with E-state index in [0.29, 0.717) is 18.1 Å². The highest BCUT2D eigenvalue weighted by Crippen LogP contribution is 2.20. The van der Waals surface area contributed by atoms with Gasteiger partial charge >= 0.3 is 6.18 Å². The van der Waals surface area contributed by atoms with Crippen LogP contribution in [0, 0.1) is 0 Å². The molecule has 1 N–H and O–H groups in total. The van der Waals surface area contributed by atoms with Crippen LogP contribution in [0.2, 0.25) is 0 Å². The summed E-state index contributed by atoms with van der Waals surface area (Å²) in [6, 6.07) is 3.30. The van der Waals surface area contributed by atoms with Gasteiger partial charge in [0.1, 0.15) is 0 Å². The molecule has 0 aliphatic carbocycles. The van der Waals surface area contributed by atoms with Gasteiger partial charge in [-0.2, -0.15) is 13.2 Å². The van der Waals surface area contributed by atoms with Crippen molar-refractivity contribution >= 4 is 5.96 Å². The van der Waals surface area contributed by atoms with Gasteiger partial charge in [-0.3, -0.25) is 0 Å². The molecule has 0 saturated heterocycles. The number of pyridine rings is 1. The van der Waals surface area contributed by atoms with Gasteiger partial charge in [0.2, 0.25) is 5.88 Å². The van der Waals surface area contributed by atoms with Crippen LogP contribution in [0.3, 0.4) is 0 Å². The molecule has 25 heavy (non-hydrogen) atoms. The van der Waals surface area contributed by atoms with Crippen molar-refractivity contribution in [2.75, 3.05) is 26.7 Å². The second-order valence-corrected chi connectivity index (χ2v) is 5.39. The highest BCUT2D eigenvalue weighted by molar-refractivity contribution is 5.79. The van der Waals surface area contributed by atoms with Gasteiger partial charge in [-0.25, -0.2) is 9.98 Å². The zero-order chi connectivity index (χ0) is 18.7. The van der Waals surface area contributed by atoms with Crippen molar-refractivity contribution in [3.8, 4) is 5.88 Å². The molecule has 1 aromatic rings. The van der Waals surface area contributed by atoms with Crippen molar-refractivity contribution in [1.29, 1.82) is 0 Å². The average molecular weight is 358 g/mol. The van der Waals surface area contributed by atoms with E-state index in [1.54, 1.807) is 12.1 Å². The lowest BCUT2D eigenvalue weighted by Gasteiger charge is -2.22. The summed E-state index contributed by atoms with van der Waals surface area (Å²) in [7, 11) is 1.91. The standard InChI is InChI=1S/C17H25F3N4O/c1-4-6-7-11-24(3)16(21-5-2)23-12-14-9-8-10-22-15(14)25-13-17(18,19)20/h4,8-10H,1,5-7,11-13H2,2-3H3,(H,21,23). The largest absolute Gasteiger partial charge is 0.468 e. The van der Waals surface area contributed by atoms with Crippen LogP contribution < -0.4 is 10.1 Å². The van der Waals surface area contributed by atoms with Crippen LogP contribution in [0.5, 0.6) is 5.88 Å². The Morgan fingerprint density at radius 2 is 2.24 bits per heavy atom. The topological polar surface area (TPSA) is 49.8 Å². The third-order valence-electron chi connectivity index (χ3n) is 3.22. The van der Waals surface area contributed by atoms with E-state index >= 15 is 0 Å². The van der Waals surface area contributed by atoms with E-state index in [1.165, 1.54) is 6.20 Å². The smallest absolute Gasteiger partial charge is 0.422 e. The van der Waals surface area contributed by atoms with Gasteiger partial charge in [-0.05, 0) is 25.8 Å². The highest BCUT2D eigenvalue weighted by atomic mass is 19.4. The molecule has 1 rings (SSSR count). The molecule has 0 saturated carbocycles. The molecule has 0 bridgehead atoms. The Bertz CT molecular complexity index is 561. The lowest BCUT2D eigenvalue weighted by molar-refractivity contribution is -0.154. The molecular weight excluding hydrogens is 333 g/mol. The van der Waals surface area contributed by atoms with Crippen molar-refractivity contribution in [1.82, 2.24) is 15.2 Å². The summed E-state index contributed by atoms with van der Waals surface area (Å²) in [5, 5.41) is 3.16. The molecule has 0 spiro atoms. The third-order valence-corrected chi connectivity index (χ3v) is 3.22. The number of aromatic nitrogens is 1. The molecule has 1 heterocycles. The number of hydrogen-bond acceptors (Lipinski definition) is 3. The van der Waals surface area contributed by atoms with Crippen molar-refractivity contribution < 1.29 is 17.9 Å². The lowest BCUT2D eigenvalue weighted by atomic mass is 10.3. The Balaban J connectivity index is 2.79. The number of aliphatic imine (C=N–C) groups is 1. The Labute approximate surface area is 146 Å². The average Bonchev–Trinajstić information content (AvgIpc) is 2.57. The van der Waals surface area contributed by atoms with Gasteiger partial charge in [-0.1, -0.05) is 12.1 Å². The van der Waals surface area contributed by atoms with Gasteiger partial charge < -0.3 is 15.0 Å². The number of halogens is 3. The van der Waals surface area contributed by atoms with Gasteiger partial charge in [0.25, 0.3) is 0 Å². The summed E-state index contributed by atoms with van der Waals surface area (Å²) in [6.07, 6.45) is 0.695. The predicted molar refractivity (Wildman–Crippen MR) is 92.7 cm³/mol. The third kappa shape index (κ3) is 8.42. The number of unbranched alkanes of at least 4 members (excludes halogenated alkanes) is 1. The number of ether oxygens (including phenoxy) is 1. The summed E-state index contributed by atoms with van der Waals surface area (Å²) < 4.78 is 41.8. The molecule has 5 nitrogen and oxygen atoms in total. The second-order valence-electron chi connectivity index (χ2n) is 5.39. The van der Waals surface area contributed by atoms with Crippen LogP contribution in [0.15, 0.2) is 36.0 Å². The molecular formula is C17H25F3N4O. The zero-order valence-electron chi connectivity index (χ0n) is 14.6. The van der Waals surface area contributed by atoms with E-state index in [9.17, 15) is 13.2 Å². The Hall–Kier alpha value is -2.25. The number of allylic oxidation sites excluding steroid dienone is 1. The molecule has 0 aromatic carbocycles. The van der Waals surface area contributed by atoms with Crippen molar-refractivity contribution in [3.63, 3.8) is 0 Å². The van der Waals surface area contributed by atoms with Crippen molar-refractivity contribution in [2.45, 2.75) is 32.5 Å². The number of guanidine groups is 1. The van der Waals surface area contributed by atoms with Crippen LogP contribution in [0.1, 0.15) is 25.3 Å². The van der Waals surface area contributed by atoms with E-state index in [4.69, 9.17) is 4.74 Å². The summed E-state index contributed by atoms with van der Waals surface area (Å²) in [6.45, 7) is 5.93. The fraction of sp³-hybridized carbons (Fsp3) is 0.529. The van der Waals surface area contributed by atoms with E-state index in [2.05, 4.69) is 21.9 Å². The monoisotopic (exact) mass is 358 g/mol. The second kappa shape index (κ2) is 10.6. The Morgan fingerprint density at radius 1 is 1.48 bits per heavy atom. The fourth-order valence-corrected chi connectivity index (χ4v) is 2.03. The van der Waals surface area contributed by atoms with Crippen LogP contribution >= 0.6 is 0 Å². The first-order valence-corrected chi connectivity index (χ1v) is 8.11. The summed E-state index contributed by atoms with van der Waals surface area (Å²) in [4.78, 5) is 10.3. The molecule has 140 valence electrons. The minimum Gasteiger partial charge on any atom is -0.468 e. The summed E-state index contributed by atoms with van der Waals surface area (Å²) >= 11 is 0. The first kappa shape index (κ1) is 20.8. The lowest BCUT2D eigenvalue weighted by Crippen LogP contribution is -2.39. The quantitative estimate of drug-likeness (QED) is 0.318. The first-order valence-electron chi connectivity index (χ1n) is 8.11. The zero-order valence-corrected chi connectivity index (χ0v) is 14.6. The molecule has 0 unspecified atom stereocenters. The van der Waals surface area contributed by atoms with Gasteiger partial charge in [-0.15, -0.1) is 6.58 Å². The van der Waals surface area contributed by atoms with E-state index in [1.807, 2.05) is 24.9 Å². The van der Waals surface area contributed by atoms with Gasteiger partial charge in [0.05, 0.1) is 6.54 Å². The van der Waals surface area contributed by atoms with Crippen LogP contribution in [-0.2, 0) is 6.54 Å². The van der Waals surface area contributed by atoms with Crippen molar-refractivity contribution in [2.24, 2.45) is 4.99 Å². The van der Waals surface area contributed by atoms with Crippen molar-refractivity contribution in [3.05, 3.63) is 36.5 Å². The molecule has 0 fully saturated rings. The predicted octanol–water partition coefficient (Wildman–Crippen LogP) is 3.39.